The van der Waals surface area contributed by atoms with Gasteiger partial charge < -0.3 is 25.0 Å². The maximum Gasteiger partial charge on any atom is 0.326 e. The van der Waals surface area contributed by atoms with Gasteiger partial charge in [0.1, 0.15) is 11.9 Å². The molecule has 0 saturated carbocycles. The van der Waals surface area contributed by atoms with Crippen molar-refractivity contribution in [2.24, 2.45) is 0 Å². The van der Waals surface area contributed by atoms with E-state index in [2.05, 4.69) is 15.3 Å². The number of carbonyl (C=O) groups is 2. The summed E-state index contributed by atoms with van der Waals surface area (Å²) in [5, 5.41) is 11.4. The SMILES string of the molecule is COCCC(NC(=O)N(C)Cc1ncc[nH]1)C(=O)O. The van der Waals surface area contributed by atoms with Crippen LogP contribution in [0.15, 0.2) is 12.4 Å². The Labute approximate surface area is 110 Å². The summed E-state index contributed by atoms with van der Waals surface area (Å²) in [4.78, 5) is 31.0. The molecular formula is C11H18N4O4. The Kier molecular flexibility index (Phi) is 5.80. The third-order valence-corrected chi connectivity index (χ3v) is 2.49. The fourth-order valence-corrected chi connectivity index (χ4v) is 1.43. The summed E-state index contributed by atoms with van der Waals surface area (Å²) >= 11 is 0. The molecule has 0 radical (unpaired) electrons. The molecule has 106 valence electrons. The van der Waals surface area contributed by atoms with E-state index >= 15 is 0 Å². The first-order valence-electron chi connectivity index (χ1n) is 5.76. The van der Waals surface area contributed by atoms with Crippen LogP contribution in [0.4, 0.5) is 4.79 Å². The van der Waals surface area contributed by atoms with E-state index in [4.69, 9.17) is 9.84 Å². The minimum absolute atomic E-state index is 0.214. The second-order valence-electron chi connectivity index (χ2n) is 4.01. The third kappa shape index (κ3) is 4.96. The largest absolute Gasteiger partial charge is 0.480 e. The molecule has 1 aromatic rings. The normalized spacial score (nSPS) is 11.9. The van der Waals surface area contributed by atoms with E-state index in [1.54, 1.807) is 19.4 Å². The van der Waals surface area contributed by atoms with Gasteiger partial charge >= 0.3 is 12.0 Å². The van der Waals surface area contributed by atoms with Crippen molar-refractivity contribution in [2.75, 3.05) is 20.8 Å². The minimum atomic E-state index is -1.09. The lowest BCUT2D eigenvalue weighted by Crippen LogP contribution is -2.47. The van der Waals surface area contributed by atoms with Crippen LogP contribution >= 0.6 is 0 Å². The Morgan fingerprint density at radius 1 is 1.63 bits per heavy atom. The number of nitrogens with zero attached hydrogens (tertiary/aromatic N) is 2. The van der Waals surface area contributed by atoms with Crippen molar-refractivity contribution in [3.8, 4) is 0 Å². The number of carbonyl (C=O) groups excluding carboxylic acids is 1. The van der Waals surface area contributed by atoms with E-state index < -0.39 is 18.0 Å². The smallest absolute Gasteiger partial charge is 0.326 e. The van der Waals surface area contributed by atoms with Crippen LogP contribution in [0.5, 0.6) is 0 Å². The topological polar surface area (TPSA) is 108 Å². The molecule has 1 aromatic heterocycles. The number of urea groups is 1. The van der Waals surface area contributed by atoms with Gasteiger partial charge in [0.15, 0.2) is 0 Å². The minimum Gasteiger partial charge on any atom is -0.480 e. The van der Waals surface area contributed by atoms with Crippen molar-refractivity contribution >= 4 is 12.0 Å². The first-order chi connectivity index (χ1) is 9.04. The summed E-state index contributed by atoms with van der Waals surface area (Å²) in [6.45, 7) is 0.536. The molecule has 19 heavy (non-hydrogen) atoms. The van der Waals surface area contributed by atoms with Gasteiger partial charge in [-0.05, 0) is 0 Å². The number of rotatable bonds is 7. The second-order valence-corrected chi connectivity index (χ2v) is 4.01. The Morgan fingerprint density at radius 3 is 2.89 bits per heavy atom. The number of aromatic nitrogens is 2. The molecule has 0 aliphatic heterocycles. The second kappa shape index (κ2) is 7.37. The number of carboxylic acids is 1. The van der Waals surface area contributed by atoms with Crippen molar-refractivity contribution in [1.82, 2.24) is 20.2 Å². The number of amides is 2. The molecule has 1 rings (SSSR count). The first kappa shape index (κ1) is 15.0. The summed E-state index contributed by atoms with van der Waals surface area (Å²) in [6, 6.07) is -1.44. The molecule has 0 saturated heterocycles. The van der Waals surface area contributed by atoms with E-state index in [9.17, 15) is 9.59 Å². The van der Waals surface area contributed by atoms with Crippen LogP contribution in [0, 0.1) is 0 Å². The number of imidazole rings is 1. The molecular weight excluding hydrogens is 252 g/mol. The highest BCUT2D eigenvalue weighted by Crippen LogP contribution is 1.99. The van der Waals surface area contributed by atoms with Gasteiger partial charge in [0.2, 0.25) is 0 Å². The molecule has 0 aliphatic rings. The molecule has 1 atom stereocenters. The highest BCUT2D eigenvalue weighted by atomic mass is 16.5. The van der Waals surface area contributed by atoms with E-state index in [0.717, 1.165) is 0 Å². The number of aromatic amines is 1. The van der Waals surface area contributed by atoms with Crippen LogP contribution in [0.2, 0.25) is 0 Å². The van der Waals surface area contributed by atoms with Gasteiger partial charge in [-0.1, -0.05) is 0 Å². The lowest BCUT2D eigenvalue weighted by molar-refractivity contribution is -0.139. The van der Waals surface area contributed by atoms with Crippen LogP contribution in [-0.4, -0.2) is 58.8 Å². The van der Waals surface area contributed by atoms with E-state index in [-0.39, 0.29) is 19.6 Å². The Balaban J connectivity index is 2.48. The predicted octanol–water partition coefficient (Wildman–Crippen LogP) is 0.0408. The van der Waals surface area contributed by atoms with Gasteiger partial charge in [-0.15, -0.1) is 0 Å². The molecule has 0 aromatic carbocycles. The van der Waals surface area contributed by atoms with Crippen molar-refractivity contribution < 1.29 is 19.4 Å². The number of aliphatic carboxylic acids is 1. The zero-order valence-corrected chi connectivity index (χ0v) is 10.9. The van der Waals surface area contributed by atoms with E-state index in [0.29, 0.717) is 5.82 Å². The molecule has 0 bridgehead atoms. The summed E-state index contributed by atoms with van der Waals surface area (Å²) in [7, 11) is 3.04. The molecule has 0 fully saturated rings. The maximum atomic E-state index is 11.8. The van der Waals surface area contributed by atoms with Crippen molar-refractivity contribution in [2.45, 2.75) is 19.0 Å². The van der Waals surface area contributed by atoms with Gasteiger partial charge in [-0.25, -0.2) is 14.6 Å². The monoisotopic (exact) mass is 270 g/mol. The zero-order valence-electron chi connectivity index (χ0n) is 10.9. The van der Waals surface area contributed by atoms with Gasteiger partial charge in [0.05, 0.1) is 6.54 Å². The van der Waals surface area contributed by atoms with Crippen LogP contribution in [0.1, 0.15) is 12.2 Å². The number of hydrogen-bond acceptors (Lipinski definition) is 4. The Morgan fingerprint density at radius 2 is 2.37 bits per heavy atom. The van der Waals surface area contributed by atoms with Gasteiger partial charge in [-0.2, -0.15) is 0 Å². The van der Waals surface area contributed by atoms with Crippen LogP contribution < -0.4 is 5.32 Å². The molecule has 3 N–H and O–H groups in total. The maximum absolute atomic E-state index is 11.8. The quantitative estimate of drug-likeness (QED) is 0.648. The molecule has 1 heterocycles. The Bertz CT molecular complexity index is 407. The highest BCUT2D eigenvalue weighted by Gasteiger charge is 2.21. The van der Waals surface area contributed by atoms with Crippen LogP contribution in [0.25, 0.3) is 0 Å². The standard InChI is InChI=1S/C11H18N4O4/c1-15(7-9-12-4-5-13-9)11(18)14-8(10(16)17)3-6-19-2/h4-5,8H,3,6-7H2,1-2H3,(H,12,13)(H,14,18)(H,16,17). The van der Waals surface area contributed by atoms with Crippen molar-refractivity contribution in [1.29, 1.82) is 0 Å². The van der Waals surface area contributed by atoms with E-state index in [1.165, 1.54) is 12.0 Å². The Hall–Kier alpha value is -2.09. The van der Waals surface area contributed by atoms with Crippen molar-refractivity contribution in [3.05, 3.63) is 18.2 Å². The summed E-state index contributed by atoms with van der Waals surface area (Å²) in [6.07, 6.45) is 3.45. The van der Waals surface area contributed by atoms with E-state index in [1.807, 2.05) is 0 Å². The molecule has 2 amide bonds. The number of methoxy groups -OCH3 is 1. The molecule has 0 aliphatic carbocycles. The van der Waals surface area contributed by atoms with Gasteiger partial charge in [0, 0.05) is 39.6 Å². The van der Waals surface area contributed by atoms with Gasteiger partial charge in [-0.3, -0.25) is 0 Å². The number of hydrogen-bond donors (Lipinski definition) is 3. The van der Waals surface area contributed by atoms with Gasteiger partial charge in [0.25, 0.3) is 0 Å². The van der Waals surface area contributed by atoms with Crippen LogP contribution in [0.3, 0.4) is 0 Å². The lowest BCUT2D eigenvalue weighted by atomic mass is 10.2. The number of H-pyrrole nitrogens is 1. The summed E-state index contributed by atoms with van der Waals surface area (Å²) < 4.78 is 4.81. The molecule has 1 unspecified atom stereocenters. The van der Waals surface area contributed by atoms with Crippen molar-refractivity contribution in [3.63, 3.8) is 0 Å². The van der Waals surface area contributed by atoms with Crippen LogP contribution in [-0.2, 0) is 16.1 Å². The third-order valence-electron chi connectivity index (χ3n) is 2.49. The number of carboxylic acid groups (broad SMARTS) is 1. The number of nitrogens with one attached hydrogen (secondary N) is 2. The summed E-state index contributed by atoms with van der Waals surface area (Å²) in [5.41, 5.74) is 0. The highest BCUT2D eigenvalue weighted by molar-refractivity contribution is 5.82. The predicted molar refractivity (Wildman–Crippen MR) is 66.5 cm³/mol. The molecule has 8 nitrogen and oxygen atoms in total. The fraction of sp³-hybridized carbons (Fsp3) is 0.545. The first-order valence-corrected chi connectivity index (χ1v) is 5.76. The molecule has 0 spiro atoms. The lowest BCUT2D eigenvalue weighted by Gasteiger charge is -2.20. The average molecular weight is 270 g/mol. The molecule has 8 heteroatoms. The average Bonchev–Trinajstić information content (AvgIpc) is 2.86. The zero-order chi connectivity index (χ0) is 14.3. The summed E-state index contributed by atoms with van der Waals surface area (Å²) in [5.74, 6) is -0.460. The fourth-order valence-electron chi connectivity index (χ4n) is 1.43. The number of ether oxygens (including phenoxy) is 1.